The Morgan fingerprint density at radius 3 is 2.28 bits per heavy atom. The van der Waals surface area contributed by atoms with Crippen LogP contribution in [0.2, 0.25) is 0 Å². The molecule has 0 fully saturated rings. The molecule has 2 N–H and O–H groups in total. The molecule has 0 aliphatic rings. The van der Waals surface area contributed by atoms with Crippen LogP contribution < -0.4 is 14.8 Å². The topological polar surface area (TPSA) is 84.5 Å². The minimum Gasteiger partial charge on any atom is -0.483 e. The van der Waals surface area contributed by atoms with Gasteiger partial charge in [-0.25, -0.2) is 13.1 Å². The number of ether oxygens (including phenoxy) is 1. The number of hydrogen-bond donors (Lipinski definition) is 2. The van der Waals surface area contributed by atoms with Gasteiger partial charge in [0.25, 0.3) is 5.91 Å². The molecule has 0 saturated carbocycles. The van der Waals surface area contributed by atoms with Gasteiger partial charge in [-0.2, -0.15) is 0 Å². The molecule has 2 aromatic carbocycles. The molecule has 2 aromatic rings. The summed E-state index contributed by atoms with van der Waals surface area (Å²) in [4.78, 5) is 12.4. The van der Waals surface area contributed by atoms with Crippen molar-refractivity contribution in [2.75, 3.05) is 11.9 Å². The smallest absolute Gasteiger partial charge is 0.262 e. The Bertz CT molecular complexity index is 932. The summed E-state index contributed by atoms with van der Waals surface area (Å²) in [7, 11) is -3.61. The van der Waals surface area contributed by atoms with Gasteiger partial charge in [0.15, 0.2) is 6.61 Å². The van der Waals surface area contributed by atoms with E-state index in [-0.39, 0.29) is 17.4 Å². The number of anilines is 1. The number of carbonyl (C=O) groups is 1. The van der Waals surface area contributed by atoms with Crippen LogP contribution in [0.15, 0.2) is 53.4 Å². The van der Waals surface area contributed by atoms with Crippen molar-refractivity contribution in [2.24, 2.45) is 0 Å². The molecule has 0 aliphatic heterocycles. The van der Waals surface area contributed by atoms with Crippen molar-refractivity contribution in [3.8, 4) is 5.75 Å². The number of amides is 1. The monoisotopic (exact) mass is 418 g/mol. The third kappa shape index (κ3) is 6.87. The van der Waals surface area contributed by atoms with Crippen LogP contribution in [0, 0.1) is 0 Å². The summed E-state index contributed by atoms with van der Waals surface area (Å²) >= 11 is 0. The molecule has 0 radical (unpaired) electrons. The van der Waals surface area contributed by atoms with Crippen LogP contribution in [0.1, 0.15) is 52.5 Å². The van der Waals surface area contributed by atoms with Gasteiger partial charge in [0.1, 0.15) is 5.75 Å². The second-order valence-electron chi connectivity index (χ2n) is 8.06. The average molecular weight is 419 g/mol. The normalized spacial score (nSPS) is 13.0. The van der Waals surface area contributed by atoms with Gasteiger partial charge in [-0.15, -0.1) is 0 Å². The SMILES string of the molecule is CCC(C)c1ccccc1OCC(=O)Nc1ccc(S(=O)(=O)NC(C)(C)C)cc1. The molecule has 0 bridgehead atoms. The Balaban J connectivity index is 1.99. The number of carbonyl (C=O) groups excluding carboxylic acids is 1. The summed E-state index contributed by atoms with van der Waals surface area (Å²) in [5, 5.41) is 2.72. The lowest BCUT2D eigenvalue weighted by atomic mass is 9.98. The second-order valence-corrected chi connectivity index (χ2v) is 9.75. The fourth-order valence-corrected chi connectivity index (χ4v) is 4.18. The summed E-state index contributed by atoms with van der Waals surface area (Å²) in [5.41, 5.74) is 1.00. The molecule has 158 valence electrons. The fourth-order valence-electron chi connectivity index (χ4n) is 2.76. The summed E-state index contributed by atoms with van der Waals surface area (Å²) in [6.45, 7) is 9.43. The summed E-state index contributed by atoms with van der Waals surface area (Å²) in [6, 6.07) is 13.7. The van der Waals surface area contributed by atoms with Crippen molar-refractivity contribution < 1.29 is 17.9 Å². The molecular formula is C22H30N2O4S. The van der Waals surface area contributed by atoms with Crippen LogP contribution >= 0.6 is 0 Å². The molecule has 7 heteroatoms. The lowest BCUT2D eigenvalue weighted by Crippen LogP contribution is -2.40. The van der Waals surface area contributed by atoms with E-state index in [1.165, 1.54) is 12.1 Å². The summed E-state index contributed by atoms with van der Waals surface area (Å²) < 4.78 is 33.0. The van der Waals surface area contributed by atoms with E-state index in [0.29, 0.717) is 17.4 Å². The largest absolute Gasteiger partial charge is 0.483 e. The summed E-state index contributed by atoms with van der Waals surface area (Å²) in [5.74, 6) is 0.726. The zero-order valence-electron chi connectivity index (χ0n) is 17.7. The van der Waals surface area contributed by atoms with Crippen molar-refractivity contribution in [1.82, 2.24) is 4.72 Å². The van der Waals surface area contributed by atoms with Gasteiger partial charge in [-0.05, 0) is 69.0 Å². The van der Waals surface area contributed by atoms with Crippen molar-refractivity contribution in [3.63, 3.8) is 0 Å². The minimum atomic E-state index is -3.61. The fraction of sp³-hybridized carbons (Fsp3) is 0.409. The van der Waals surface area contributed by atoms with E-state index >= 15 is 0 Å². The molecule has 1 amide bonds. The molecule has 1 atom stereocenters. The van der Waals surface area contributed by atoms with E-state index in [1.54, 1.807) is 32.9 Å². The van der Waals surface area contributed by atoms with Crippen molar-refractivity contribution >= 4 is 21.6 Å². The molecule has 29 heavy (non-hydrogen) atoms. The van der Waals surface area contributed by atoms with E-state index < -0.39 is 15.6 Å². The quantitative estimate of drug-likeness (QED) is 0.670. The molecule has 2 rings (SSSR count). The summed E-state index contributed by atoms with van der Waals surface area (Å²) in [6.07, 6.45) is 0.978. The van der Waals surface area contributed by atoms with E-state index in [0.717, 1.165) is 12.0 Å². The van der Waals surface area contributed by atoms with Crippen LogP contribution in [0.4, 0.5) is 5.69 Å². The lowest BCUT2D eigenvalue weighted by molar-refractivity contribution is -0.118. The standard InChI is InChI=1S/C22H30N2O4S/c1-6-16(2)19-9-7-8-10-20(19)28-15-21(25)23-17-11-13-18(14-12-17)29(26,27)24-22(3,4)5/h7-14,16,24H,6,15H2,1-5H3,(H,23,25). The predicted octanol–water partition coefficient (Wildman–Crippen LogP) is 4.29. The third-order valence-corrected chi connectivity index (χ3v) is 6.08. The first kappa shape index (κ1) is 22.9. The Labute approximate surface area is 173 Å². The maximum absolute atomic E-state index is 12.3. The van der Waals surface area contributed by atoms with Gasteiger partial charge < -0.3 is 10.1 Å². The first-order valence-corrected chi connectivity index (χ1v) is 11.2. The number of hydrogen-bond acceptors (Lipinski definition) is 4. The van der Waals surface area contributed by atoms with Crippen LogP contribution in [-0.2, 0) is 14.8 Å². The highest BCUT2D eigenvalue weighted by atomic mass is 32.2. The predicted molar refractivity (Wildman–Crippen MR) is 116 cm³/mol. The highest BCUT2D eigenvalue weighted by molar-refractivity contribution is 7.89. The van der Waals surface area contributed by atoms with E-state index in [2.05, 4.69) is 23.9 Å². The third-order valence-electron chi connectivity index (χ3n) is 4.31. The number of nitrogens with one attached hydrogen (secondary N) is 2. The van der Waals surface area contributed by atoms with Crippen molar-refractivity contribution in [2.45, 2.75) is 57.4 Å². The van der Waals surface area contributed by atoms with Crippen LogP contribution in [0.5, 0.6) is 5.75 Å². The highest BCUT2D eigenvalue weighted by Gasteiger charge is 2.21. The minimum absolute atomic E-state index is 0.126. The van der Waals surface area contributed by atoms with Crippen molar-refractivity contribution in [1.29, 1.82) is 0 Å². The van der Waals surface area contributed by atoms with Crippen LogP contribution in [-0.4, -0.2) is 26.5 Å². The molecular weight excluding hydrogens is 388 g/mol. The highest BCUT2D eigenvalue weighted by Crippen LogP contribution is 2.28. The Hall–Kier alpha value is -2.38. The first-order valence-electron chi connectivity index (χ1n) is 9.67. The van der Waals surface area contributed by atoms with E-state index in [4.69, 9.17) is 4.74 Å². The molecule has 0 spiro atoms. The number of para-hydroxylation sites is 1. The number of benzene rings is 2. The lowest BCUT2D eigenvalue weighted by Gasteiger charge is -2.20. The second kappa shape index (κ2) is 9.41. The maximum atomic E-state index is 12.3. The molecule has 0 aromatic heterocycles. The van der Waals surface area contributed by atoms with Gasteiger partial charge in [0, 0.05) is 11.2 Å². The molecule has 1 unspecified atom stereocenters. The molecule has 0 aliphatic carbocycles. The van der Waals surface area contributed by atoms with Crippen molar-refractivity contribution in [3.05, 3.63) is 54.1 Å². The molecule has 0 heterocycles. The van der Waals surface area contributed by atoms with E-state index in [9.17, 15) is 13.2 Å². The molecule has 0 saturated heterocycles. The Morgan fingerprint density at radius 1 is 1.07 bits per heavy atom. The van der Waals surface area contributed by atoms with Crippen LogP contribution in [0.25, 0.3) is 0 Å². The van der Waals surface area contributed by atoms with Gasteiger partial charge in [0.05, 0.1) is 4.90 Å². The van der Waals surface area contributed by atoms with Gasteiger partial charge in [0.2, 0.25) is 10.0 Å². The number of sulfonamides is 1. The van der Waals surface area contributed by atoms with Gasteiger partial charge >= 0.3 is 0 Å². The molecule has 6 nitrogen and oxygen atoms in total. The first-order chi connectivity index (χ1) is 13.5. The maximum Gasteiger partial charge on any atom is 0.262 e. The Kier molecular flexibility index (Phi) is 7.43. The van der Waals surface area contributed by atoms with E-state index in [1.807, 2.05) is 24.3 Å². The Morgan fingerprint density at radius 2 is 1.69 bits per heavy atom. The zero-order chi connectivity index (χ0) is 21.7. The van der Waals surface area contributed by atoms with Gasteiger partial charge in [-0.3, -0.25) is 4.79 Å². The number of rotatable bonds is 8. The van der Waals surface area contributed by atoms with Gasteiger partial charge in [-0.1, -0.05) is 32.0 Å². The average Bonchev–Trinajstić information content (AvgIpc) is 2.64. The zero-order valence-corrected chi connectivity index (χ0v) is 18.5. The van der Waals surface area contributed by atoms with Crippen LogP contribution in [0.3, 0.4) is 0 Å².